The van der Waals surface area contributed by atoms with Gasteiger partial charge in [-0.1, -0.05) is 133 Å². The second-order valence-corrected chi connectivity index (χ2v) is 7.55. The van der Waals surface area contributed by atoms with Crippen LogP contribution in [0.5, 0.6) is 0 Å². The molecule has 0 spiro atoms. The first-order valence-corrected chi connectivity index (χ1v) is 11.1. The van der Waals surface area contributed by atoms with Crippen molar-refractivity contribution < 1.29 is 0 Å². The maximum absolute atomic E-state index is 2.37. The summed E-state index contributed by atoms with van der Waals surface area (Å²) in [5.74, 6) is 0. The van der Waals surface area contributed by atoms with Gasteiger partial charge in [0.2, 0.25) is 0 Å². The summed E-state index contributed by atoms with van der Waals surface area (Å²) in [4.78, 5) is 0. The molecule has 0 amide bonds. The van der Waals surface area contributed by atoms with E-state index in [4.69, 9.17) is 0 Å². The molecule has 0 N–H and O–H groups in total. The lowest BCUT2D eigenvalue weighted by atomic mass is 10.0. The highest BCUT2D eigenvalue weighted by atomic mass is 14.0. The third-order valence-electron chi connectivity index (χ3n) is 5.09. The van der Waals surface area contributed by atoms with Crippen LogP contribution in [0.25, 0.3) is 0 Å². The van der Waals surface area contributed by atoms with Crippen LogP contribution in [0.1, 0.15) is 109 Å². The fourth-order valence-electron chi connectivity index (χ4n) is 3.41. The molecular weight excluding hydrogens is 300 g/mol. The van der Waals surface area contributed by atoms with Gasteiger partial charge in [-0.2, -0.15) is 0 Å². The summed E-state index contributed by atoms with van der Waals surface area (Å²) >= 11 is 0. The zero-order valence-electron chi connectivity index (χ0n) is 16.9. The van der Waals surface area contributed by atoms with Crippen molar-refractivity contribution in [3.8, 4) is 0 Å². The largest absolute Gasteiger partial charge is 0.0882 e. The van der Waals surface area contributed by atoms with Gasteiger partial charge in [0.1, 0.15) is 0 Å². The molecule has 0 heterocycles. The van der Waals surface area contributed by atoms with Crippen molar-refractivity contribution in [2.45, 2.75) is 110 Å². The molecule has 0 aliphatic rings. The molecule has 0 aromatic heterocycles. The van der Waals surface area contributed by atoms with Crippen molar-refractivity contribution in [2.75, 3.05) is 0 Å². The van der Waals surface area contributed by atoms with Crippen LogP contribution in [-0.4, -0.2) is 0 Å². The van der Waals surface area contributed by atoms with E-state index in [0.29, 0.717) is 0 Å². The molecule has 0 bridgehead atoms. The third kappa shape index (κ3) is 15.0. The van der Waals surface area contributed by atoms with Gasteiger partial charge < -0.3 is 0 Å². The Morgan fingerprint density at radius 3 is 1.56 bits per heavy atom. The first-order chi connectivity index (χ1) is 12.4. The van der Waals surface area contributed by atoms with Gasteiger partial charge in [0.05, 0.1) is 0 Å². The number of hydrogen-bond donors (Lipinski definition) is 0. The van der Waals surface area contributed by atoms with Crippen molar-refractivity contribution in [3.05, 3.63) is 48.0 Å². The van der Waals surface area contributed by atoms with Crippen LogP contribution in [0.4, 0.5) is 0 Å². The molecule has 0 aliphatic heterocycles. The summed E-state index contributed by atoms with van der Waals surface area (Å²) in [6, 6.07) is 10.7. The normalized spacial score (nSPS) is 11.4. The van der Waals surface area contributed by atoms with Gasteiger partial charge in [-0.3, -0.25) is 0 Å². The molecule has 0 unspecified atom stereocenters. The van der Waals surface area contributed by atoms with Gasteiger partial charge in [0.15, 0.2) is 0 Å². The molecule has 0 atom stereocenters. The average Bonchev–Trinajstić information content (AvgIpc) is 2.65. The molecule has 1 rings (SSSR count). The lowest BCUT2D eigenvalue weighted by Crippen LogP contribution is -1.83. The number of unbranched alkanes of at least 4 members (excludes halogenated alkanes) is 14. The second kappa shape index (κ2) is 17.8. The summed E-state index contributed by atoms with van der Waals surface area (Å²) in [6.45, 7) is 2.29. The number of benzene rings is 1. The Labute approximate surface area is 158 Å². The molecule has 1 aromatic carbocycles. The minimum Gasteiger partial charge on any atom is -0.0882 e. The van der Waals surface area contributed by atoms with Crippen LogP contribution in [-0.2, 0) is 6.42 Å². The smallest absolute Gasteiger partial charge is 0.00975 e. The van der Waals surface area contributed by atoms with Gasteiger partial charge in [0, 0.05) is 0 Å². The van der Waals surface area contributed by atoms with E-state index in [1.807, 2.05) is 0 Å². The fourth-order valence-corrected chi connectivity index (χ4v) is 3.41. The van der Waals surface area contributed by atoms with Gasteiger partial charge in [-0.25, -0.2) is 0 Å². The number of rotatable bonds is 17. The summed E-state index contributed by atoms with van der Waals surface area (Å²) in [6.07, 6.45) is 27.2. The van der Waals surface area contributed by atoms with Crippen molar-refractivity contribution in [2.24, 2.45) is 0 Å². The zero-order valence-corrected chi connectivity index (χ0v) is 16.9. The van der Waals surface area contributed by atoms with Gasteiger partial charge in [-0.05, 0) is 24.8 Å². The van der Waals surface area contributed by atoms with Gasteiger partial charge in [0.25, 0.3) is 0 Å². The Bertz CT molecular complexity index is 390. The van der Waals surface area contributed by atoms with Crippen molar-refractivity contribution >= 4 is 0 Å². The van der Waals surface area contributed by atoms with Crippen LogP contribution >= 0.6 is 0 Å². The van der Waals surface area contributed by atoms with Gasteiger partial charge >= 0.3 is 0 Å². The van der Waals surface area contributed by atoms with Crippen LogP contribution in [0.2, 0.25) is 0 Å². The topological polar surface area (TPSA) is 0 Å². The molecule has 0 heteroatoms. The predicted octanol–water partition coefficient (Wildman–Crippen LogP) is 8.66. The zero-order chi connectivity index (χ0) is 17.8. The molecule has 0 aliphatic carbocycles. The average molecular weight is 343 g/mol. The van der Waals surface area contributed by atoms with Crippen LogP contribution in [0.3, 0.4) is 0 Å². The van der Waals surface area contributed by atoms with E-state index in [9.17, 15) is 0 Å². The van der Waals surface area contributed by atoms with E-state index < -0.39 is 0 Å². The molecular formula is C25H42. The minimum absolute atomic E-state index is 1.08. The van der Waals surface area contributed by atoms with Gasteiger partial charge in [-0.15, -0.1) is 0 Å². The summed E-state index contributed by atoms with van der Waals surface area (Å²) in [5, 5.41) is 0. The number of hydrogen-bond acceptors (Lipinski definition) is 0. The summed E-state index contributed by atoms with van der Waals surface area (Å²) in [5.41, 5.74) is 1.42. The highest BCUT2D eigenvalue weighted by Gasteiger charge is 1.94. The summed E-state index contributed by atoms with van der Waals surface area (Å²) < 4.78 is 0. The molecule has 142 valence electrons. The van der Waals surface area contributed by atoms with E-state index in [1.165, 1.54) is 102 Å². The molecule has 25 heavy (non-hydrogen) atoms. The van der Waals surface area contributed by atoms with E-state index in [0.717, 1.165) is 6.42 Å². The molecule has 0 nitrogen and oxygen atoms in total. The minimum atomic E-state index is 1.08. The Morgan fingerprint density at radius 2 is 1.04 bits per heavy atom. The maximum Gasteiger partial charge on any atom is -0.00975 e. The lowest BCUT2D eigenvalue weighted by molar-refractivity contribution is 0.536. The third-order valence-corrected chi connectivity index (χ3v) is 5.09. The SMILES string of the molecule is CCCCCCCCCCCCCCCCC=CCc1ccccc1. The van der Waals surface area contributed by atoms with E-state index >= 15 is 0 Å². The molecule has 1 aromatic rings. The standard InChI is InChI=1S/C25H42/c1-2-3-4-5-6-7-8-9-10-11-12-13-14-15-16-17-19-22-25-23-20-18-21-24-25/h17-21,23-24H,2-16,22H2,1H3. The van der Waals surface area contributed by atoms with E-state index in [-0.39, 0.29) is 0 Å². The van der Waals surface area contributed by atoms with Crippen molar-refractivity contribution in [1.29, 1.82) is 0 Å². The molecule has 0 saturated carbocycles. The van der Waals surface area contributed by atoms with Crippen LogP contribution in [0, 0.1) is 0 Å². The monoisotopic (exact) mass is 342 g/mol. The predicted molar refractivity (Wildman–Crippen MR) is 114 cm³/mol. The van der Waals surface area contributed by atoms with Crippen LogP contribution < -0.4 is 0 Å². The van der Waals surface area contributed by atoms with E-state index in [1.54, 1.807) is 0 Å². The highest BCUT2D eigenvalue weighted by Crippen LogP contribution is 2.13. The quantitative estimate of drug-likeness (QED) is 0.196. The number of allylic oxidation sites excluding steroid dienone is 2. The Kier molecular flexibility index (Phi) is 15.6. The van der Waals surface area contributed by atoms with Crippen LogP contribution in [0.15, 0.2) is 42.5 Å². The summed E-state index contributed by atoms with van der Waals surface area (Å²) in [7, 11) is 0. The fraction of sp³-hybridized carbons (Fsp3) is 0.680. The second-order valence-electron chi connectivity index (χ2n) is 7.55. The molecule has 0 fully saturated rings. The Morgan fingerprint density at radius 1 is 0.560 bits per heavy atom. The maximum atomic E-state index is 2.37. The van der Waals surface area contributed by atoms with Crippen molar-refractivity contribution in [1.82, 2.24) is 0 Å². The highest BCUT2D eigenvalue weighted by molar-refractivity contribution is 5.17. The molecule has 0 saturated heterocycles. The Balaban J connectivity index is 1.74. The molecule has 0 radical (unpaired) electrons. The lowest BCUT2D eigenvalue weighted by Gasteiger charge is -2.02. The van der Waals surface area contributed by atoms with Crippen molar-refractivity contribution in [3.63, 3.8) is 0 Å². The first-order valence-electron chi connectivity index (χ1n) is 11.1. The van der Waals surface area contributed by atoms with E-state index in [2.05, 4.69) is 49.4 Å². The Hall–Kier alpha value is -1.04. The first kappa shape index (κ1) is 22.0.